The number of aryl methyl sites for hydroxylation is 8. The van der Waals surface area contributed by atoms with E-state index in [2.05, 4.69) is 0 Å². The molecule has 32 heavy (non-hydrogen) atoms. The molecule has 0 radical (unpaired) electrons. The molecular formula is C31H34N+. The number of rotatable bonds is 3. The lowest BCUT2D eigenvalue weighted by atomic mass is 9.88. The van der Waals surface area contributed by atoms with Gasteiger partial charge in [-0.3, -0.25) is 0 Å². The number of pyridine rings is 1. The SMILES string of the molecule is [2H]C([2H])([2H])c1ccccc1-c1cc(-c2cc(-c3c(C([2H])([2H])[2H])cc(C)cc3C([2H])([2H])[2H])c(C([2H])([2H])[2H])c[n+]2C)c(C)cc1C([2H])([2H])[2H]. The fourth-order valence-corrected chi connectivity index (χ4v) is 4.12. The van der Waals surface area contributed by atoms with Gasteiger partial charge in [-0.15, -0.1) is 0 Å². The Hall–Kier alpha value is -3.19. The average Bonchev–Trinajstić information content (AvgIpc) is 2.90. The van der Waals surface area contributed by atoms with Crippen LogP contribution in [0.4, 0.5) is 0 Å². The van der Waals surface area contributed by atoms with E-state index in [0.29, 0.717) is 22.4 Å². The number of nitrogens with zero attached hydrogens (tertiary/aromatic N) is 1. The summed E-state index contributed by atoms with van der Waals surface area (Å²) < 4.78 is 125. The van der Waals surface area contributed by atoms with Gasteiger partial charge in [0.15, 0.2) is 6.20 Å². The highest BCUT2D eigenvalue weighted by Crippen LogP contribution is 2.36. The molecule has 0 saturated carbocycles. The van der Waals surface area contributed by atoms with Crippen molar-refractivity contribution < 1.29 is 25.1 Å². The molecule has 0 bridgehead atoms. The molecule has 1 aromatic heterocycles. The van der Waals surface area contributed by atoms with Crippen LogP contribution >= 0.6 is 0 Å². The molecule has 0 fully saturated rings. The van der Waals surface area contributed by atoms with Crippen molar-refractivity contribution in [3.63, 3.8) is 0 Å². The van der Waals surface area contributed by atoms with Gasteiger partial charge in [0.1, 0.15) is 7.05 Å². The zero-order valence-corrected chi connectivity index (χ0v) is 18.2. The minimum atomic E-state index is -2.81. The highest BCUT2D eigenvalue weighted by Gasteiger charge is 2.20. The van der Waals surface area contributed by atoms with Gasteiger partial charge < -0.3 is 0 Å². The fraction of sp³-hybridized carbons (Fsp3) is 0.258. The van der Waals surface area contributed by atoms with Crippen LogP contribution in [0.5, 0.6) is 0 Å². The van der Waals surface area contributed by atoms with Crippen molar-refractivity contribution in [3.05, 3.63) is 99.7 Å². The topological polar surface area (TPSA) is 3.88 Å². The largest absolute Gasteiger partial charge is 0.213 e. The molecule has 0 atom stereocenters. The summed E-state index contributed by atoms with van der Waals surface area (Å²) in [7, 11) is 1.56. The molecule has 0 amide bonds. The lowest BCUT2D eigenvalue weighted by molar-refractivity contribution is -0.660. The quantitative estimate of drug-likeness (QED) is 0.291. The van der Waals surface area contributed by atoms with E-state index in [1.165, 1.54) is 53.2 Å². The maximum absolute atomic E-state index is 8.32. The fourth-order valence-electron chi connectivity index (χ4n) is 4.12. The summed E-state index contributed by atoms with van der Waals surface area (Å²) in [6, 6.07) is 13.1. The van der Waals surface area contributed by atoms with Crippen molar-refractivity contribution in [2.45, 2.75) is 48.1 Å². The smallest absolute Gasteiger partial charge is 0.201 e. The van der Waals surface area contributed by atoms with Crippen molar-refractivity contribution in [3.8, 4) is 33.5 Å². The van der Waals surface area contributed by atoms with E-state index in [9.17, 15) is 0 Å². The Morgan fingerprint density at radius 3 is 1.97 bits per heavy atom. The first-order valence-corrected chi connectivity index (χ1v) is 10.2. The molecule has 1 heterocycles. The predicted molar refractivity (Wildman–Crippen MR) is 137 cm³/mol. The van der Waals surface area contributed by atoms with E-state index < -0.39 is 34.3 Å². The second-order valence-corrected chi connectivity index (χ2v) is 8.09. The first-order chi connectivity index (χ1) is 21.2. The third-order valence-electron chi connectivity index (χ3n) is 5.68. The highest BCUT2D eigenvalue weighted by molar-refractivity contribution is 5.80. The zero-order chi connectivity index (χ0) is 35.7. The molecule has 1 nitrogen and oxygen atoms in total. The van der Waals surface area contributed by atoms with Gasteiger partial charge in [0, 0.05) is 37.8 Å². The Morgan fingerprint density at radius 2 is 1.28 bits per heavy atom. The van der Waals surface area contributed by atoms with E-state index in [0.717, 1.165) is 0 Å². The lowest BCUT2D eigenvalue weighted by Crippen LogP contribution is -2.31. The summed E-state index contributed by atoms with van der Waals surface area (Å²) in [6.45, 7) is -10.4. The Labute approximate surface area is 214 Å². The first kappa shape index (κ1) is 10.2. The molecule has 1 heteroatoms. The van der Waals surface area contributed by atoms with E-state index in [1.807, 2.05) is 0 Å². The molecule has 4 rings (SSSR count). The van der Waals surface area contributed by atoms with Crippen molar-refractivity contribution in [1.82, 2.24) is 0 Å². The summed E-state index contributed by atoms with van der Waals surface area (Å²) in [4.78, 5) is 0. The molecule has 3 aromatic carbocycles. The molecule has 0 aliphatic heterocycles. The van der Waals surface area contributed by atoms with Gasteiger partial charge in [-0.25, -0.2) is 4.57 Å². The van der Waals surface area contributed by atoms with Crippen molar-refractivity contribution in [1.29, 1.82) is 0 Å². The van der Waals surface area contributed by atoms with Gasteiger partial charge >= 0.3 is 0 Å². The van der Waals surface area contributed by atoms with Crippen molar-refractivity contribution >= 4 is 0 Å². The summed E-state index contributed by atoms with van der Waals surface area (Å²) in [5, 5.41) is 0. The maximum Gasteiger partial charge on any atom is 0.213 e. The molecule has 162 valence electrons. The van der Waals surface area contributed by atoms with E-state index >= 15 is 0 Å². The number of hydrogen-bond acceptors (Lipinski definition) is 0. The minimum Gasteiger partial charge on any atom is -0.201 e. The Bertz CT molecular complexity index is 1800. The second kappa shape index (κ2) is 8.39. The van der Waals surface area contributed by atoms with Crippen LogP contribution in [0.1, 0.15) is 59.5 Å². The van der Waals surface area contributed by atoms with Crippen molar-refractivity contribution in [2.75, 3.05) is 0 Å². The third kappa shape index (κ3) is 3.88. The van der Waals surface area contributed by atoms with Gasteiger partial charge in [-0.2, -0.15) is 0 Å². The Balaban J connectivity index is 2.21. The molecular weight excluding hydrogens is 386 g/mol. The van der Waals surface area contributed by atoms with Crippen LogP contribution in [0, 0.1) is 48.1 Å². The van der Waals surface area contributed by atoms with Gasteiger partial charge in [0.25, 0.3) is 0 Å². The summed E-state index contributed by atoms with van der Waals surface area (Å²) >= 11 is 0. The van der Waals surface area contributed by atoms with Gasteiger partial charge in [-0.05, 0) is 104 Å². The monoisotopic (exact) mass is 435 g/mol. The summed E-state index contributed by atoms with van der Waals surface area (Å²) in [5.74, 6) is 0. The molecule has 0 saturated heterocycles. The predicted octanol–water partition coefficient (Wildman–Crippen LogP) is 7.67. The van der Waals surface area contributed by atoms with Crippen LogP contribution in [-0.4, -0.2) is 0 Å². The van der Waals surface area contributed by atoms with Crippen LogP contribution in [-0.2, 0) is 7.05 Å². The molecule has 0 aliphatic rings. The third-order valence-corrected chi connectivity index (χ3v) is 5.68. The normalized spacial score (nSPS) is 20.0. The van der Waals surface area contributed by atoms with E-state index in [4.69, 9.17) is 20.6 Å². The Kier molecular flexibility index (Phi) is 2.67. The number of benzene rings is 3. The lowest BCUT2D eigenvalue weighted by Gasteiger charge is -2.16. The summed E-state index contributed by atoms with van der Waals surface area (Å²) in [5.41, 5.74) is 0.373. The van der Waals surface area contributed by atoms with Crippen LogP contribution in [0.2, 0.25) is 0 Å². The van der Waals surface area contributed by atoms with Crippen LogP contribution in [0.15, 0.2) is 60.8 Å². The Morgan fingerprint density at radius 1 is 0.594 bits per heavy atom. The van der Waals surface area contributed by atoms with Crippen LogP contribution in [0.3, 0.4) is 0 Å². The zero-order valence-electron chi connectivity index (χ0n) is 33.2. The standard InChI is InChI=1S/C31H34N/c1-19-13-23(5)31(24(6)14-19)29-17-30(32(8)18-25(29)7)28-16-27(21(3)15-22(28)4)26-12-10-9-11-20(26)2/h9-18H,1-8H3/q+1/i2D3,3D3,5D3,6D3,7D3. The number of aromatic nitrogens is 1. The van der Waals surface area contributed by atoms with Gasteiger partial charge in [0.05, 0.1) is 0 Å². The molecule has 0 N–H and O–H groups in total. The molecule has 0 spiro atoms. The minimum absolute atomic E-state index is 0.0626. The molecule has 4 aromatic rings. The number of hydrogen-bond donors (Lipinski definition) is 0. The first-order valence-electron chi connectivity index (χ1n) is 17.7. The van der Waals surface area contributed by atoms with E-state index in [1.54, 1.807) is 33.0 Å². The van der Waals surface area contributed by atoms with Crippen LogP contribution in [0.25, 0.3) is 33.5 Å². The average molecular weight is 436 g/mol. The van der Waals surface area contributed by atoms with Crippen LogP contribution < -0.4 is 4.57 Å². The molecule has 0 aliphatic carbocycles. The molecule has 0 unspecified atom stereocenters. The van der Waals surface area contributed by atoms with Gasteiger partial charge in [-0.1, -0.05) is 48.0 Å². The highest BCUT2D eigenvalue weighted by atomic mass is 14.9. The summed E-state index contributed by atoms with van der Waals surface area (Å²) in [6.07, 6.45) is 1.29. The maximum atomic E-state index is 8.32. The second-order valence-electron chi connectivity index (χ2n) is 8.09. The van der Waals surface area contributed by atoms with Gasteiger partial charge in [0.2, 0.25) is 5.69 Å². The van der Waals surface area contributed by atoms with E-state index in [-0.39, 0.29) is 50.1 Å². The van der Waals surface area contributed by atoms with Crippen molar-refractivity contribution in [2.24, 2.45) is 7.05 Å².